The normalized spacial score (nSPS) is 15.1. The highest BCUT2D eigenvalue weighted by molar-refractivity contribution is 5.89. The Bertz CT molecular complexity index is 617. The van der Waals surface area contributed by atoms with Crippen LogP contribution in [0.2, 0.25) is 0 Å². The Balaban J connectivity index is 2.41. The molecule has 2 nitrogen and oxygen atoms in total. The zero-order valence-corrected chi connectivity index (χ0v) is 12.6. The van der Waals surface area contributed by atoms with E-state index in [2.05, 4.69) is 0 Å². The molecule has 0 bridgehead atoms. The van der Waals surface area contributed by atoms with Gasteiger partial charge in [0.05, 0.1) is 6.10 Å². The van der Waals surface area contributed by atoms with Crippen molar-refractivity contribution in [3.8, 4) is 0 Å². The van der Waals surface area contributed by atoms with E-state index in [0.29, 0.717) is 0 Å². The minimum Gasteiger partial charge on any atom is -0.388 e. The first-order valence-corrected chi connectivity index (χ1v) is 7.02. The smallest absolute Gasteiger partial charge is 0.143 e. The number of rotatable bonds is 3. The average Bonchev–Trinajstić information content (AvgIpc) is 2.43. The number of carbonyl (C=O) groups excluding carboxylic acids is 1. The maximum absolute atomic E-state index is 12.4. The lowest BCUT2D eigenvalue weighted by atomic mass is 9.79. The van der Waals surface area contributed by atoms with Crippen LogP contribution in [0.5, 0.6) is 0 Å². The number of fused-ring (bicyclic) bond motifs is 1. The fourth-order valence-corrected chi connectivity index (χ4v) is 2.60. The van der Waals surface area contributed by atoms with E-state index in [0.717, 1.165) is 16.3 Å². The summed E-state index contributed by atoms with van der Waals surface area (Å²) in [4.78, 5) is 12.4. The Labute approximate surface area is 120 Å². The van der Waals surface area contributed by atoms with Gasteiger partial charge in [0.15, 0.2) is 0 Å². The van der Waals surface area contributed by atoms with E-state index in [9.17, 15) is 9.90 Å². The summed E-state index contributed by atoms with van der Waals surface area (Å²) in [5.41, 5.74) is 0.388. The molecule has 0 heterocycles. The van der Waals surface area contributed by atoms with E-state index in [-0.39, 0.29) is 5.78 Å². The van der Waals surface area contributed by atoms with E-state index in [4.69, 9.17) is 0 Å². The molecule has 0 aliphatic heterocycles. The summed E-state index contributed by atoms with van der Waals surface area (Å²) in [6, 6.07) is 13.8. The summed E-state index contributed by atoms with van der Waals surface area (Å²) in [5, 5.41) is 12.7. The van der Waals surface area contributed by atoms with Crippen LogP contribution in [-0.4, -0.2) is 10.9 Å². The van der Waals surface area contributed by atoms with Gasteiger partial charge in [-0.1, -0.05) is 70.2 Å². The topological polar surface area (TPSA) is 37.3 Å². The number of benzene rings is 2. The Morgan fingerprint density at radius 3 is 2.30 bits per heavy atom. The molecular weight excluding hydrogens is 248 g/mol. The lowest BCUT2D eigenvalue weighted by Crippen LogP contribution is -2.30. The minimum atomic E-state index is -0.771. The molecule has 2 aromatic carbocycles. The molecule has 2 atom stereocenters. The van der Waals surface area contributed by atoms with Crippen LogP contribution in [0.25, 0.3) is 10.8 Å². The Kier molecular flexibility index (Phi) is 3.96. The fraction of sp³-hybridized carbons (Fsp3) is 0.389. The molecule has 2 aromatic rings. The van der Waals surface area contributed by atoms with Gasteiger partial charge < -0.3 is 5.11 Å². The molecule has 0 aliphatic rings. The first-order chi connectivity index (χ1) is 9.32. The second-order valence-corrected chi connectivity index (χ2v) is 6.42. The lowest BCUT2D eigenvalue weighted by molar-refractivity contribution is -0.133. The Morgan fingerprint density at radius 1 is 1.05 bits per heavy atom. The van der Waals surface area contributed by atoms with E-state index in [1.54, 1.807) is 6.92 Å². The number of ketones is 1. The molecule has 0 aromatic heterocycles. The van der Waals surface area contributed by atoms with Crippen LogP contribution < -0.4 is 0 Å². The average molecular weight is 270 g/mol. The summed E-state index contributed by atoms with van der Waals surface area (Å²) >= 11 is 0. The predicted octanol–water partition coefficient (Wildman–Crippen LogP) is 4.12. The van der Waals surface area contributed by atoms with Gasteiger partial charge in [-0.3, -0.25) is 4.79 Å². The molecule has 0 spiro atoms. The summed E-state index contributed by atoms with van der Waals surface area (Å²) in [5.74, 6) is -0.334. The summed E-state index contributed by atoms with van der Waals surface area (Å²) < 4.78 is 0. The second-order valence-electron chi connectivity index (χ2n) is 6.42. The van der Waals surface area contributed by atoms with Gasteiger partial charge in [0.2, 0.25) is 0 Å². The SMILES string of the molecule is C[C@@H](C(=O)C(C)(C)C)[C@H](O)c1cccc2ccccc12. The summed E-state index contributed by atoms with van der Waals surface area (Å²) in [6.45, 7) is 7.48. The minimum absolute atomic E-state index is 0.0814. The maximum Gasteiger partial charge on any atom is 0.143 e. The fourth-order valence-electron chi connectivity index (χ4n) is 2.60. The number of hydrogen-bond acceptors (Lipinski definition) is 2. The van der Waals surface area contributed by atoms with Crippen molar-refractivity contribution in [2.75, 3.05) is 0 Å². The molecule has 0 fully saturated rings. The third-order valence-corrected chi connectivity index (χ3v) is 3.77. The van der Waals surface area contributed by atoms with E-state index < -0.39 is 17.4 Å². The number of Topliss-reactive ketones (excluding diaryl/α,β-unsaturated/α-hetero) is 1. The van der Waals surface area contributed by atoms with Gasteiger partial charge in [0.1, 0.15) is 5.78 Å². The molecular formula is C18H22O2. The van der Waals surface area contributed by atoms with Crippen LogP contribution in [0.15, 0.2) is 42.5 Å². The van der Waals surface area contributed by atoms with Crippen molar-refractivity contribution in [1.82, 2.24) is 0 Å². The highest BCUT2D eigenvalue weighted by Crippen LogP contribution is 2.33. The highest BCUT2D eigenvalue weighted by atomic mass is 16.3. The van der Waals surface area contributed by atoms with Crippen LogP contribution in [-0.2, 0) is 4.79 Å². The second kappa shape index (κ2) is 5.37. The molecule has 0 amide bonds. The van der Waals surface area contributed by atoms with Crippen molar-refractivity contribution in [3.63, 3.8) is 0 Å². The third kappa shape index (κ3) is 2.75. The van der Waals surface area contributed by atoms with Crippen molar-refractivity contribution >= 4 is 16.6 Å². The first kappa shape index (κ1) is 14.7. The number of carbonyl (C=O) groups is 1. The van der Waals surface area contributed by atoms with Crippen molar-refractivity contribution in [1.29, 1.82) is 0 Å². The van der Waals surface area contributed by atoms with E-state index >= 15 is 0 Å². The van der Waals surface area contributed by atoms with Crippen LogP contribution in [0.3, 0.4) is 0 Å². The Hall–Kier alpha value is -1.67. The van der Waals surface area contributed by atoms with Gasteiger partial charge in [-0.15, -0.1) is 0 Å². The number of aliphatic hydroxyl groups is 1. The highest BCUT2D eigenvalue weighted by Gasteiger charge is 2.32. The van der Waals surface area contributed by atoms with E-state index in [1.807, 2.05) is 63.2 Å². The third-order valence-electron chi connectivity index (χ3n) is 3.77. The predicted molar refractivity (Wildman–Crippen MR) is 82.5 cm³/mol. The van der Waals surface area contributed by atoms with Crippen molar-refractivity contribution < 1.29 is 9.90 Å². The molecule has 0 saturated carbocycles. The van der Waals surface area contributed by atoms with Gasteiger partial charge in [0, 0.05) is 11.3 Å². The maximum atomic E-state index is 12.4. The number of aliphatic hydroxyl groups excluding tert-OH is 1. The zero-order valence-electron chi connectivity index (χ0n) is 12.6. The lowest BCUT2D eigenvalue weighted by Gasteiger charge is -2.26. The van der Waals surface area contributed by atoms with Gasteiger partial charge >= 0.3 is 0 Å². The molecule has 2 heteroatoms. The Morgan fingerprint density at radius 2 is 1.65 bits per heavy atom. The van der Waals surface area contributed by atoms with Crippen LogP contribution in [0.1, 0.15) is 39.4 Å². The molecule has 0 aliphatic carbocycles. The molecule has 2 rings (SSSR count). The summed E-state index contributed by atoms with van der Waals surface area (Å²) in [6.07, 6.45) is -0.771. The molecule has 0 unspecified atom stereocenters. The van der Waals surface area contributed by atoms with Crippen LogP contribution in [0, 0.1) is 11.3 Å². The van der Waals surface area contributed by atoms with E-state index in [1.165, 1.54) is 0 Å². The number of hydrogen-bond donors (Lipinski definition) is 1. The molecule has 0 radical (unpaired) electrons. The van der Waals surface area contributed by atoms with Crippen LogP contribution in [0.4, 0.5) is 0 Å². The van der Waals surface area contributed by atoms with Gasteiger partial charge in [-0.2, -0.15) is 0 Å². The van der Waals surface area contributed by atoms with Gasteiger partial charge in [-0.05, 0) is 16.3 Å². The summed E-state index contributed by atoms with van der Waals surface area (Å²) in [7, 11) is 0. The molecule has 1 N–H and O–H groups in total. The quantitative estimate of drug-likeness (QED) is 0.910. The first-order valence-electron chi connectivity index (χ1n) is 7.02. The van der Waals surface area contributed by atoms with Crippen molar-refractivity contribution in [2.24, 2.45) is 11.3 Å². The van der Waals surface area contributed by atoms with Gasteiger partial charge in [0.25, 0.3) is 0 Å². The molecule has 20 heavy (non-hydrogen) atoms. The standard InChI is InChI=1S/C18H22O2/c1-12(17(20)18(2,3)4)16(19)15-11-7-9-13-8-5-6-10-14(13)15/h5-12,16,19H,1-4H3/t12-,16+/m1/s1. The monoisotopic (exact) mass is 270 g/mol. The molecule has 106 valence electrons. The van der Waals surface area contributed by atoms with Crippen LogP contribution >= 0.6 is 0 Å². The zero-order chi connectivity index (χ0) is 14.9. The molecule has 0 saturated heterocycles. The van der Waals surface area contributed by atoms with Crippen molar-refractivity contribution in [2.45, 2.75) is 33.8 Å². The van der Waals surface area contributed by atoms with Gasteiger partial charge in [-0.25, -0.2) is 0 Å². The largest absolute Gasteiger partial charge is 0.388 e. The van der Waals surface area contributed by atoms with Crippen molar-refractivity contribution in [3.05, 3.63) is 48.0 Å².